The van der Waals surface area contributed by atoms with E-state index in [2.05, 4.69) is 5.32 Å². The Bertz CT molecular complexity index is 917. The standard InChI is InChI=1S/C24H34N2O4S/c1-17-2-3-21(13-22(17)31(28,29)26-6-8-30-9-7-26)23(27)25-5-4-24-14-18-10-19(15-24)12-20(11-18)16-24/h2-3,13,18-20H,4-12,14-16H2,1H3,(H,25,27). The van der Waals surface area contributed by atoms with Crippen molar-refractivity contribution in [3.8, 4) is 0 Å². The second kappa shape index (κ2) is 8.16. The summed E-state index contributed by atoms with van der Waals surface area (Å²) in [4.78, 5) is 13.1. The van der Waals surface area contributed by atoms with Gasteiger partial charge in [0.1, 0.15) is 0 Å². The number of benzene rings is 1. The number of nitrogens with one attached hydrogen (secondary N) is 1. The van der Waals surface area contributed by atoms with Crippen molar-refractivity contribution in [1.29, 1.82) is 0 Å². The molecule has 1 saturated heterocycles. The van der Waals surface area contributed by atoms with E-state index in [0.717, 1.165) is 24.2 Å². The number of rotatable bonds is 6. The van der Waals surface area contributed by atoms with Crippen LogP contribution in [0.5, 0.6) is 0 Å². The van der Waals surface area contributed by atoms with Crippen molar-refractivity contribution in [2.45, 2.75) is 56.8 Å². The van der Waals surface area contributed by atoms with Crippen LogP contribution in [0, 0.1) is 30.1 Å². The molecule has 4 aliphatic carbocycles. The van der Waals surface area contributed by atoms with Crippen LogP contribution in [0.15, 0.2) is 23.1 Å². The molecule has 7 heteroatoms. The zero-order chi connectivity index (χ0) is 21.6. The Hall–Kier alpha value is -1.44. The first-order valence-corrected chi connectivity index (χ1v) is 13.3. The van der Waals surface area contributed by atoms with E-state index in [1.165, 1.54) is 42.8 Å². The van der Waals surface area contributed by atoms with Crippen molar-refractivity contribution in [3.63, 3.8) is 0 Å². The van der Waals surface area contributed by atoms with Gasteiger partial charge in [-0.25, -0.2) is 8.42 Å². The van der Waals surface area contributed by atoms with Crippen LogP contribution in [0.1, 0.15) is 60.9 Å². The number of aryl methyl sites for hydroxylation is 1. The lowest BCUT2D eigenvalue weighted by Crippen LogP contribution is -2.47. The molecule has 6 nitrogen and oxygen atoms in total. The monoisotopic (exact) mass is 446 g/mol. The van der Waals surface area contributed by atoms with Gasteiger partial charge in [0, 0.05) is 25.2 Å². The maximum atomic E-state index is 13.1. The molecule has 170 valence electrons. The minimum Gasteiger partial charge on any atom is -0.379 e. The Morgan fingerprint density at radius 3 is 2.32 bits per heavy atom. The zero-order valence-electron chi connectivity index (χ0n) is 18.4. The second-order valence-corrected chi connectivity index (χ2v) is 12.3. The quantitative estimate of drug-likeness (QED) is 0.727. The largest absolute Gasteiger partial charge is 0.379 e. The Morgan fingerprint density at radius 2 is 1.71 bits per heavy atom. The molecule has 31 heavy (non-hydrogen) atoms. The smallest absolute Gasteiger partial charge is 0.251 e. The fraction of sp³-hybridized carbons (Fsp3) is 0.708. The number of ether oxygens (including phenoxy) is 1. The van der Waals surface area contributed by atoms with Gasteiger partial charge in [0.25, 0.3) is 5.91 Å². The van der Waals surface area contributed by atoms with E-state index in [1.807, 2.05) is 0 Å². The normalized spacial score (nSPS) is 32.9. The molecule has 0 spiro atoms. The number of hydrogen-bond donors (Lipinski definition) is 1. The Balaban J connectivity index is 1.24. The minimum atomic E-state index is -3.63. The predicted octanol–water partition coefficient (Wildman–Crippen LogP) is 3.35. The highest BCUT2D eigenvalue weighted by atomic mass is 32.2. The lowest BCUT2D eigenvalue weighted by Gasteiger charge is -2.57. The Labute approximate surface area is 185 Å². The predicted molar refractivity (Wildman–Crippen MR) is 118 cm³/mol. The van der Waals surface area contributed by atoms with E-state index in [9.17, 15) is 13.2 Å². The third-order valence-corrected chi connectivity index (χ3v) is 10.2. The zero-order valence-corrected chi connectivity index (χ0v) is 19.3. The highest BCUT2D eigenvalue weighted by Crippen LogP contribution is 2.61. The summed E-state index contributed by atoms with van der Waals surface area (Å²) in [6, 6.07) is 5.01. The lowest BCUT2D eigenvalue weighted by molar-refractivity contribution is -0.0564. The molecule has 1 aromatic rings. The third-order valence-electron chi connectivity index (χ3n) is 8.14. The number of nitrogens with zero attached hydrogens (tertiary/aromatic N) is 1. The summed E-state index contributed by atoms with van der Waals surface area (Å²) in [6.07, 6.45) is 9.33. The van der Waals surface area contributed by atoms with Gasteiger partial charge < -0.3 is 10.1 Å². The summed E-state index contributed by atoms with van der Waals surface area (Å²) in [7, 11) is -3.63. The average Bonchev–Trinajstić information content (AvgIpc) is 2.73. The summed E-state index contributed by atoms with van der Waals surface area (Å²) < 4.78 is 32.9. The van der Waals surface area contributed by atoms with Crippen molar-refractivity contribution in [1.82, 2.24) is 9.62 Å². The van der Waals surface area contributed by atoms with Gasteiger partial charge in [-0.3, -0.25) is 4.79 Å². The Kier molecular flexibility index (Phi) is 5.64. The molecule has 1 N–H and O–H groups in total. The summed E-state index contributed by atoms with van der Waals surface area (Å²) in [6.45, 7) is 3.96. The Morgan fingerprint density at radius 1 is 1.10 bits per heavy atom. The molecule has 0 aromatic heterocycles. The third kappa shape index (κ3) is 4.16. The minimum absolute atomic E-state index is 0.178. The van der Waals surface area contributed by atoms with Crippen LogP contribution in [0.3, 0.4) is 0 Å². The summed E-state index contributed by atoms with van der Waals surface area (Å²) in [5.41, 5.74) is 1.51. The average molecular weight is 447 g/mol. The van der Waals surface area contributed by atoms with Crippen molar-refractivity contribution in [2.75, 3.05) is 32.8 Å². The number of carbonyl (C=O) groups is 1. The van der Waals surface area contributed by atoms with E-state index >= 15 is 0 Å². The summed E-state index contributed by atoms with van der Waals surface area (Å²) in [5.74, 6) is 2.55. The molecule has 4 bridgehead atoms. The maximum absolute atomic E-state index is 13.1. The molecule has 1 heterocycles. The fourth-order valence-electron chi connectivity index (χ4n) is 7.08. The molecule has 0 radical (unpaired) electrons. The van der Waals surface area contributed by atoms with Gasteiger partial charge in [0.2, 0.25) is 10.0 Å². The molecule has 1 aromatic carbocycles. The van der Waals surface area contributed by atoms with Gasteiger partial charge in [0.05, 0.1) is 18.1 Å². The SMILES string of the molecule is Cc1ccc(C(=O)NCCC23CC4CC(CC(C4)C2)C3)cc1S(=O)(=O)N1CCOCC1. The summed E-state index contributed by atoms with van der Waals surface area (Å²) >= 11 is 0. The van der Waals surface area contributed by atoms with Crippen LogP contribution in [0.4, 0.5) is 0 Å². The molecular weight excluding hydrogens is 412 g/mol. The van der Waals surface area contributed by atoms with Gasteiger partial charge >= 0.3 is 0 Å². The van der Waals surface area contributed by atoms with Crippen molar-refractivity contribution in [3.05, 3.63) is 29.3 Å². The summed E-state index contributed by atoms with van der Waals surface area (Å²) in [5, 5.41) is 3.08. The molecule has 1 amide bonds. The highest BCUT2D eigenvalue weighted by Gasteiger charge is 2.50. The van der Waals surface area contributed by atoms with E-state index in [0.29, 0.717) is 49.4 Å². The van der Waals surface area contributed by atoms with Crippen molar-refractivity contribution < 1.29 is 17.9 Å². The van der Waals surface area contributed by atoms with Gasteiger partial charge in [0.15, 0.2) is 0 Å². The van der Waals surface area contributed by atoms with E-state index < -0.39 is 10.0 Å². The molecule has 6 rings (SSSR count). The van der Waals surface area contributed by atoms with Gasteiger partial charge in [-0.05, 0) is 92.7 Å². The van der Waals surface area contributed by atoms with Crippen LogP contribution in [-0.4, -0.2) is 51.5 Å². The van der Waals surface area contributed by atoms with E-state index in [4.69, 9.17) is 4.74 Å². The fourth-order valence-corrected chi connectivity index (χ4v) is 8.74. The lowest BCUT2D eigenvalue weighted by atomic mass is 9.49. The van der Waals surface area contributed by atoms with Crippen LogP contribution < -0.4 is 5.32 Å². The topological polar surface area (TPSA) is 75.7 Å². The van der Waals surface area contributed by atoms with Gasteiger partial charge in [-0.2, -0.15) is 4.31 Å². The molecule has 4 saturated carbocycles. The van der Waals surface area contributed by atoms with E-state index in [-0.39, 0.29) is 10.8 Å². The molecule has 5 fully saturated rings. The molecule has 1 aliphatic heterocycles. The van der Waals surface area contributed by atoms with Crippen LogP contribution in [-0.2, 0) is 14.8 Å². The van der Waals surface area contributed by atoms with Crippen molar-refractivity contribution >= 4 is 15.9 Å². The van der Waals surface area contributed by atoms with E-state index in [1.54, 1.807) is 25.1 Å². The maximum Gasteiger partial charge on any atom is 0.251 e. The molecule has 0 atom stereocenters. The first-order chi connectivity index (χ1) is 14.8. The molecule has 0 unspecified atom stereocenters. The number of sulfonamides is 1. The highest BCUT2D eigenvalue weighted by molar-refractivity contribution is 7.89. The molecule has 5 aliphatic rings. The second-order valence-electron chi connectivity index (χ2n) is 10.4. The molecular formula is C24H34N2O4S. The number of hydrogen-bond acceptors (Lipinski definition) is 4. The number of morpholine rings is 1. The number of amides is 1. The van der Waals surface area contributed by atoms with Crippen LogP contribution in [0.2, 0.25) is 0 Å². The first-order valence-electron chi connectivity index (χ1n) is 11.8. The van der Waals surface area contributed by atoms with Gasteiger partial charge in [-0.15, -0.1) is 0 Å². The van der Waals surface area contributed by atoms with Crippen LogP contribution >= 0.6 is 0 Å². The number of carbonyl (C=O) groups excluding carboxylic acids is 1. The first kappa shape index (κ1) is 21.4. The van der Waals surface area contributed by atoms with Gasteiger partial charge in [-0.1, -0.05) is 6.07 Å². The van der Waals surface area contributed by atoms with Crippen molar-refractivity contribution in [2.24, 2.45) is 23.2 Å². The van der Waals surface area contributed by atoms with Crippen LogP contribution in [0.25, 0.3) is 0 Å².